The van der Waals surface area contributed by atoms with Gasteiger partial charge in [-0.3, -0.25) is 4.79 Å². The fraction of sp³-hybridized carbons (Fsp3) is 0.240. The molecule has 1 aliphatic carbocycles. The molecule has 32 heavy (non-hydrogen) atoms. The van der Waals surface area contributed by atoms with Crippen molar-refractivity contribution in [2.45, 2.75) is 32.6 Å². The van der Waals surface area contributed by atoms with Gasteiger partial charge in [0.1, 0.15) is 21.9 Å². The van der Waals surface area contributed by atoms with Crippen LogP contribution in [0.4, 0.5) is 5.00 Å². The van der Waals surface area contributed by atoms with Crippen LogP contribution in [-0.2, 0) is 17.6 Å². The predicted molar refractivity (Wildman–Crippen MR) is 126 cm³/mol. The molecule has 0 aliphatic heterocycles. The lowest BCUT2D eigenvalue weighted by Crippen LogP contribution is -2.14. The summed E-state index contributed by atoms with van der Waals surface area (Å²) in [4.78, 5) is 30.0. The van der Waals surface area contributed by atoms with Gasteiger partial charge in [-0.1, -0.05) is 18.2 Å². The fourth-order valence-electron chi connectivity index (χ4n) is 4.23. The number of hydrogen-bond acceptors (Lipinski definition) is 5. The van der Waals surface area contributed by atoms with Gasteiger partial charge in [0.15, 0.2) is 0 Å². The number of anilines is 1. The maximum atomic E-state index is 12.9. The Hall–Kier alpha value is -3.45. The number of nitrogens with zero attached hydrogens (tertiary/aromatic N) is 2. The molecule has 6 nitrogen and oxygen atoms in total. The molecule has 4 aromatic rings. The number of pyridine rings is 1. The molecule has 0 spiro atoms. The molecule has 0 unspecified atom stereocenters. The molecule has 3 heterocycles. The van der Waals surface area contributed by atoms with E-state index in [1.54, 1.807) is 10.6 Å². The zero-order chi connectivity index (χ0) is 22.2. The number of nitrogens with one attached hydrogen (secondary N) is 1. The standard InChI is InChI=1S/C25H23N3O3S/c1-15-9-10-28-13-20(26-21(28)11-15)23(29)27-24-22(25(30)31-2)19(14-32-24)18-8-7-16-5-3-4-6-17(16)12-18/h7-14H,3-6H2,1-2H3,(H,27,29). The van der Waals surface area contributed by atoms with Crippen LogP contribution >= 0.6 is 11.3 Å². The van der Waals surface area contributed by atoms with Crippen LogP contribution in [0.5, 0.6) is 0 Å². The first-order chi connectivity index (χ1) is 15.5. The third-order valence-electron chi connectivity index (χ3n) is 5.92. The van der Waals surface area contributed by atoms with Crippen LogP contribution in [0.1, 0.15) is 50.4 Å². The van der Waals surface area contributed by atoms with Gasteiger partial charge in [0, 0.05) is 23.3 Å². The van der Waals surface area contributed by atoms with Gasteiger partial charge >= 0.3 is 5.97 Å². The summed E-state index contributed by atoms with van der Waals surface area (Å²) in [6.45, 7) is 1.98. The van der Waals surface area contributed by atoms with Crippen molar-refractivity contribution in [2.75, 3.05) is 12.4 Å². The van der Waals surface area contributed by atoms with Crippen LogP contribution in [0.2, 0.25) is 0 Å². The van der Waals surface area contributed by atoms with Gasteiger partial charge in [-0.05, 0) is 67.0 Å². The number of ether oxygens (including phenoxy) is 1. The Morgan fingerprint density at radius 3 is 2.75 bits per heavy atom. The topological polar surface area (TPSA) is 72.7 Å². The quantitative estimate of drug-likeness (QED) is 0.433. The number of amides is 1. The number of methoxy groups -OCH3 is 1. The monoisotopic (exact) mass is 445 g/mol. The summed E-state index contributed by atoms with van der Waals surface area (Å²) < 4.78 is 6.86. The van der Waals surface area contributed by atoms with Crippen molar-refractivity contribution in [3.8, 4) is 11.1 Å². The minimum absolute atomic E-state index is 0.287. The van der Waals surface area contributed by atoms with Gasteiger partial charge in [-0.2, -0.15) is 0 Å². The number of esters is 1. The first-order valence-corrected chi connectivity index (χ1v) is 11.5. The Balaban J connectivity index is 1.49. The normalized spacial score (nSPS) is 13.1. The SMILES string of the molecule is COC(=O)c1c(-c2ccc3c(c2)CCCC3)csc1NC(=O)c1cn2ccc(C)cc2n1. The van der Waals surface area contributed by atoms with Crippen molar-refractivity contribution in [1.82, 2.24) is 9.38 Å². The second kappa shape index (κ2) is 8.24. The third kappa shape index (κ3) is 3.69. The minimum atomic E-state index is -0.472. The molecule has 0 saturated carbocycles. The molecule has 1 aliphatic rings. The molecule has 5 rings (SSSR count). The first-order valence-electron chi connectivity index (χ1n) is 10.6. The van der Waals surface area contributed by atoms with E-state index in [1.165, 1.54) is 42.4 Å². The second-order valence-corrected chi connectivity index (χ2v) is 8.97. The zero-order valence-corrected chi connectivity index (χ0v) is 18.8. The summed E-state index contributed by atoms with van der Waals surface area (Å²) >= 11 is 1.32. The number of carbonyl (C=O) groups excluding carboxylic acids is 2. The maximum absolute atomic E-state index is 12.9. The Bertz CT molecular complexity index is 1350. The summed E-state index contributed by atoms with van der Waals surface area (Å²) in [5.74, 6) is -0.838. The van der Waals surface area contributed by atoms with E-state index in [1.807, 2.05) is 30.6 Å². The number of thiophene rings is 1. The van der Waals surface area contributed by atoms with Gasteiger partial charge in [-0.15, -0.1) is 11.3 Å². The molecule has 1 amide bonds. The largest absolute Gasteiger partial charge is 0.465 e. The van der Waals surface area contributed by atoms with Gasteiger partial charge in [0.05, 0.1) is 7.11 Å². The molecule has 1 aromatic carbocycles. The van der Waals surface area contributed by atoms with Crippen molar-refractivity contribution >= 4 is 33.9 Å². The summed E-state index contributed by atoms with van der Waals surface area (Å²) in [6.07, 6.45) is 8.11. The van der Waals surface area contributed by atoms with Crippen LogP contribution in [0.3, 0.4) is 0 Å². The number of imidazole rings is 1. The molecular weight excluding hydrogens is 422 g/mol. The number of hydrogen-bond donors (Lipinski definition) is 1. The van der Waals surface area contributed by atoms with Crippen molar-refractivity contribution in [1.29, 1.82) is 0 Å². The Morgan fingerprint density at radius 2 is 1.94 bits per heavy atom. The number of carbonyl (C=O) groups is 2. The van der Waals surface area contributed by atoms with E-state index in [0.717, 1.165) is 29.5 Å². The number of aryl methyl sites for hydroxylation is 3. The molecule has 3 aromatic heterocycles. The Morgan fingerprint density at radius 1 is 1.12 bits per heavy atom. The number of benzene rings is 1. The predicted octanol–water partition coefficient (Wildman–Crippen LogP) is 5.29. The summed E-state index contributed by atoms with van der Waals surface area (Å²) in [5, 5.41) is 5.24. The highest BCUT2D eigenvalue weighted by Crippen LogP contribution is 2.38. The Labute approximate surface area is 189 Å². The molecule has 162 valence electrons. The lowest BCUT2D eigenvalue weighted by Gasteiger charge is -2.16. The van der Waals surface area contributed by atoms with Crippen LogP contribution in [-0.4, -0.2) is 28.4 Å². The highest BCUT2D eigenvalue weighted by atomic mass is 32.1. The van der Waals surface area contributed by atoms with Crippen LogP contribution < -0.4 is 5.32 Å². The van der Waals surface area contributed by atoms with E-state index in [4.69, 9.17) is 4.74 Å². The number of fused-ring (bicyclic) bond motifs is 2. The molecule has 0 fully saturated rings. The highest BCUT2D eigenvalue weighted by Gasteiger charge is 2.24. The van der Waals surface area contributed by atoms with Crippen molar-refractivity contribution < 1.29 is 14.3 Å². The average Bonchev–Trinajstić information content (AvgIpc) is 3.42. The third-order valence-corrected chi connectivity index (χ3v) is 6.81. The minimum Gasteiger partial charge on any atom is -0.465 e. The van der Waals surface area contributed by atoms with E-state index in [2.05, 4.69) is 28.5 Å². The van der Waals surface area contributed by atoms with Crippen LogP contribution in [0.25, 0.3) is 16.8 Å². The van der Waals surface area contributed by atoms with E-state index in [-0.39, 0.29) is 11.6 Å². The van der Waals surface area contributed by atoms with Crippen LogP contribution in [0, 0.1) is 6.92 Å². The van der Waals surface area contributed by atoms with Crippen LogP contribution in [0.15, 0.2) is 48.1 Å². The maximum Gasteiger partial charge on any atom is 0.341 e. The molecule has 7 heteroatoms. The van der Waals surface area contributed by atoms with Gasteiger partial charge in [0.25, 0.3) is 5.91 Å². The van der Waals surface area contributed by atoms with Gasteiger partial charge in [0.2, 0.25) is 0 Å². The van der Waals surface area contributed by atoms with Crippen molar-refractivity contribution in [3.63, 3.8) is 0 Å². The molecule has 0 bridgehead atoms. The molecular formula is C25H23N3O3S. The van der Waals surface area contributed by atoms with Crippen molar-refractivity contribution in [2.24, 2.45) is 0 Å². The van der Waals surface area contributed by atoms with Gasteiger partial charge in [-0.25, -0.2) is 9.78 Å². The fourth-order valence-corrected chi connectivity index (χ4v) is 5.18. The van der Waals surface area contributed by atoms with Crippen molar-refractivity contribution in [3.05, 3.63) is 76.1 Å². The summed E-state index contributed by atoms with van der Waals surface area (Å²) in [6, 6.07) is 10.2. The van der Waals surface area contributed by atoms with Gasteiger partial charge < -0.3 is 14.5 Å². The number of rotatable bonds is 4. The molecule has 0 saturated heterocycles. The smallest absolute Gasteiger partial charge is 0.341 e. The first kappa shape index (κ1) is 20.5. The lowest BCUT2D eigenvalue weighted by molar-refractivity contribution is 0.0603. The van der Waals surface area contributed by atoms with E-state index in [0.29, 0.717) is 16.2 Å². The van der Waals surface area contributed by atoms with E-state index < -0.39 is 5.97 Å². The average molecular weight is 446 g/mol. The zero-order valence-electron chi connectivity index (χ0n) is 18.0. The number of aromatic nitrogens is 2. The Kier molecular flexibility index (Phi) is 5.27. The molecule has 1 N–H and O–H groups in total. The van der Waals surface area contributed by atoms with E-state index in [9.17, 15) is 9.59 Å². The molecule has 0 atom stereocenters. The van der Waals surface area contributed by atoms with E-state index >= 15 is 0 Å². The lowest BCUT2D eigenvalue weighted by atomic mass is 9.89. The highest BCUT2D eigenvalue weighted by molar-refractivity contribution is 7.15. The second-order valence-electron chi connectivity index (χ2n) is 8.09. The summed E-state index contributed by atoms with van der Waals surface area (Å²) in [5.41, 5.74) is 6.88. The molecule has 0 radical (unpaired) electrons. The summed E-state index contributed by atoms with van der Waals surface area (Å²) in [7, 11) is 1.35.